The number of aromatic nitrogens is 4. The van der Waals surface area contributed by atoms with Gasteiger partial charge in [-0.1, -0.05) is 5.21 Å². The maximum absolute atomic E-state index is 11.8. The predicted octanol–water partition coefficient (Wildman–Crippen LogP) is 1.26. The second kappa shape index (κ2) is 6.25. The summed E-state index contributed by atoms with van der Waals surface area (Å²) in [5.74, 6) is -0.131. The van der Waals surface area contributed by atoms with Crippen molar-refractivity contribution in [2.45, 2.75) is 13.0 Å². The lowest BCUT2D eigenvalue weighted by Crippen LogP contribution is -2.25. The van der Waals surface area contributed by atoms with Gasteiger partial charge < -0.3 is 5.32 Å². The Hall–Kier alpha value is -1.76. The van der Waals surface area contributed by atoms with Gasteiger partial charge in [0.15, 0.2) is 0 Å². The molecule has 0 fully saturated rings. The van der Waals surface area contributed by atoms with Crippen LogP contribution in [0.2, 0.25) is 0 Å². The van der Waals surface area contributed by atoms with Gasteiger partial charge in [0.25, 0.3) is 5.91 Å². The molecule has 1 amide bonds. The molecule has 18 heavy (non-hydrogen) atoms. The second-order valence-corrected chi connectivity index (χ2v) is 4.37. The highest BCUT2D eigenvalue weighted by Gasteiger charge is 2.08. The number of hydrogen-bond donors (Lipinski definition) is 1. The minimum atomic E-state index is -0.131. The fourth-order valence-electron chi connectivity index (χ4n) is 1.45. The number of rotatable bonds is 5. The monoisotopic (exact) mass is 309 g/mol. The molecule has 7 heteroatoms. The molecule has 2 rings (SSSR count). The molecule has 0 unspecified atom stereocenters. The number of nitrogens with one attached hydrogen (secondary N) is 1. The van der Waals surface area contributed by atoms with Crippen LogP contribution in [0.25, 0.3) is 0 Å². The summed E-state index contributed by atoms with van der Waals surface area (Å²) in [5.41, 5.74) is 0.540. The first-order valence-corrected chi connectivity index (χ1v) is 6.29. The molecule has 2 heterocycles. The molecule has 0 spiro atoms. The number of nitrogens with zero attached hydrogens (tertiary/aromatic N) is 4. The van der Waals surface area contributed by atoms with Crippen LogP contribution in [0.1, 0.15) is 16.8 Å². The zero-order valence-corrected chi connectivity index (χ0v) is 11.2. The third kappa shape index (κ3) is 3.36. The van der Waals surface area contributed by atoms with E-state index < -0.39 is 0 Å². The molecular weight excluding hydrogens is 298 g/mol. The lowest BCUT2D eigenvalue weighted by Gasteiger charge is -2.06. The molecule has 0 saturated heterocycles. The lowest BCUT2D eigenvalue weighted by molar-refractivity contribution is 0.0951. The van der Waals surface area contributed by atoms with Gasteiger partial charge in [-0.15, -0.1) is 5.10 Å². The van der Waals surface area contributed by atoms with E-state index in [4.69, 9.17) is 0 Å². The van der Waals surface area contributed by atoms with Crippen molar-refractivity contribution in [2.24, 2.45) is 0 Å². The number of pyridine rings is 1. The molecule has 0 aliphatic rings. The van der Waals surface area contributed by atoms with Gasteiger partial charge in [0.2, 0.25) is 0 Å². The summed E-state index contributed by atoms with van der Waals surface area (Å²) in [6.45, 7) is 1.31. The Labute approximate surface area is 113 Å². The Morgan fingerprint density at radius 3 is 3.06 bits per heavy atom. The molecule has 6 nitrogen and oxygen atoms in total. The average molecular weight is 310 g/mol. The summed E-state index contributed by atoms with van der Waals surface area (Å²) >= 11 is 3.24. The topological polar surface area (TPSA) is 72.7 Å². The predicted molar refractivity (Wildman–Crippen MR) is 68.9 cm³/mol. The van der Waals surface area contributed by atoms with Crippen molar-refractivity contribution in [1.29, 1.82) is 0 Å². The van der Waals surface area contributed by atoms with Crippen molar-refractivity contribution >= 4 is 21.8 Å². The van der Waals surface area contributed by atoms with E-state index in [0.717, 1.165) is 13.0 Å². The Kier molecular flexibility index (Phi) is 4.40. The van der Waals surface area contributed by atoms with Crippen LogP contribution < -0.4 is 5.32 Å². The fraction of sp³-hybridized carbons (Fsp3) is 0.273. The van der Waals surface area contributed by atoms with Gasteiger partial charge in [0.05, 0.1) is 11.8 Å². The Balaban J connectivity index is 1.77. The van der Waals surface area contributed by atoms with E-state index in [1.165, 1.54) is 0 Å². The van der Waals surface area contributed by atoms with Crippen LogP contribution in [-0.2, 0) is 6.54 Å². The van der Waals surface area contributed by atoms with E-state index in [1.807, 2.05) is 0 Å². The highest BCUT2D eigenvalue weighted by molar-refractivity contribution is 9.10. The first-order chi connectivity index (χ1) is 8.77. The molecule has 0 atom stereocenters. The molecule has 0 aliphatic heterocycles. The quantitative estimate of drug-likeness (QED) is 0.666. The molecular formula is C11H12BrN5O. The average Bonchev–Trinajstić information content (AvgIpc) is 2.88. The SMILES string of the molecule is O=C(NCCCn1ccnn1)c1cccnc1Br. The standard InChI is InChI=1S/C11H12BrN5O/c12-10-9(3-1-4-13-10)11(18)14-5-2-7-17-8-6-15-16-17/h1,3-4,6,8H,2,5,7H2,(H,14,18). The van der Waals surface area contributed by atoms with Crippen molar-refractivity contribution in [1.82, 2.24) is 25.3 Å². The number of halogens is 1. The molecule has 0 aliphatic carbocycles. The van der Waals surface area contributed by atoms with Gasteiger partial charge in [-0.2, -0.15) is 0 Å². The smallest absolute Gasteiger partial charge is 0.254 e. The van der Waals surface area contributed by atoms with E-state index in [2.05, 4.69) is 36.5 Å². The minimum Gasteiger partial charge on any atom is -0.352 e. The molecule has 0 saturated carbocycles. The highest BCUT2D eigenvalue weighted by Crippen LogP contribution is 2.11. The molecule has 2 aromatic heterocycles. The normalized spacial score (nSPS) is 10.3. The van der Waals surface area contributed by atoms with Crippen molar-refractivity contribution in [3.63, 3.8) is 0 Å². The number of carbonyl (C=O) groups is 1. The van der Waals surface area contributed by atoms with E-state index in [1.54, 1.807) is 35.4 Å². The van der Waals surface area contributed by atoms with Crippen LogP contribution in [0, 0.1) is 0 Å². The maximum Gasteiger partial charge on any atom is 0.254 e. The number of aryl methyl sites for hydroxylation is 1. The van der Waals surface area contributed by atoms with Crippen molar-refractivity contribution < 1.29 is 4.79 Å². The lowest BCUT2D eigenvalue weighted by atomic mass is 10.2. The summed E-state index contributed by atoms with van der Waals surface area (Å²) < 4.78 is 2.28. The first kappa shape index (κ1) is 12.7. The summed E-state index contributed by atoms with van der Waals surface area (Å²) in [5, 5.41) is 10.4. The van der Waals surface area contributed by atoms with Crippen LogP contribution in [0.15, 0.2) is 35.3 Å². The number of carbonyl (C=O) groups excluding carboxylic acids is 1. The van der Waals surface area contributed by atoms with Crippen LogP contribution in [0.5, 0.6) is 0 Å². The Morgan fingerprint density at radius 2 is 2.33 bits per heavy atom. The number of hydrogen-bond acceptors (Lipinski definition) is 4. The van der Waals surface area contributed by atoms with Crippen molar-refractivity contribution in [3.05, 3.63) is 40.9 Å². The minimum absolute atomic E-state index is 0.131. The zero-order valence-electron chi connectivity index (χ0n) is 9.58. The van der Waals surface area contributed by atoms with Gasteiger partial charge >= 0.3 is 0 Å². The second-order valence-electron chi connectivity index (χ2n) is 3.62. The van der Waals surface area contributed by atoms with Gasteiger partial charge in [-0.05, 0) is 34.5 Å². The van der Waals surface area contributed by atoms with Gasteiger partial charge in [-0.25, -0.2) is 4.98 Å². The Morgan fingerprint density at radius 1 is 1.44 bits per heavy atom. The van der Waals surface area contributed by atoms with Crippen molar-refractivity contribution in [2.75, 3.05) is 6.54 Å². The molecule has 1 N–H and O–H groups in total. The largest absolute Gasteiger partial charge is 0.352 e. The first-order valence-electron chi connectivity index (χ1n) is 5.50. The van der Waals surface area contributed by atoms with E-state index in [9.17, 15) is 4.79 Å². The van der Waals surface area contributed by atoms with Gasteiger partial charge in [-0.3, -0.25) is 9.48 Å². The molecule has 0 aromatic carbocycles. The molecule has 0 bridgehead atoms. The van der Waals surface area contributed by atoms with Gasteiger partial charge in [0, 0.05) is 25.5 Å². The van der Waals surface area contributed by atoms with Crippen molar-refractivity contribution in [3.8, 4) is 0 Å². The van der Waals surface area contributed by atoms with Crippen LogP contribution in [0.4, 0.5) is 0 Å². The van der Waals surface area contributed by atoms with Crippen LogP contribution >= 0.6 is 15.9 Å². The third-order valence-electron chi connectivity index (χ3n) is 2.33. The van der Waals surface area contributed by atoms with E-state index in [0.29, 0.717) is 16.7 Å². The van der Waals surface area contributed by atoms with Gasteiger partial charge in [0.1, 0.15) is 4.60 Å². The maximum atomic E-state index is 11.8. The van der Waals surface area contributed by atoms with Crippen LogP contribution in [0.3, 0.4) is 0 Å². The van der Waals surface area contributed by atoms with Crippen LogP contribution in [-0.4, -0.2) is 32.4 Å². The Bertz CT molecular complexity index is 514. The summed E-state index contributed by atoms with van der Waals surface area (Å²) in [4.78, 5) is 15.8. The third-order valence-corrected chi connectivity index (χ3v) is 2.96. The zero-order chi connectivity index (χ0) is 12.8. The summed E-state index contributed by atoms with van der Waals surface area (Å²) in [6.07, 6.45) is 5.85. The number of amides is 1. The summed E-state index contributed by atoms with van der Waals surface area (Å²) in [6, 6.07) is 3.46. The molecule has 94 valence electrons. The van der Waals surface area contributed by atoms with E-state index >= 15 is 0 Å². The molecule has 2 aromatic rings. The molecule has 0 radical (unpaired) electrons. The fourth-order valence-corrected chi connectivity index (χ4v) is 1.88. The highest BCUT2D eigenvalue weighted by atomic mass is 79.9. The summed E-state index contributed by atoms with van der Waals surface area (Å²) in [7, 11) is 0. The van der Waals surface area contributed by atoms with E-state index in [-0.39, 0.29) is 5.91 Å².